The van der Waals surface area contributed by atoms with Gasteiger partial charge in [0.25, 0.3) is 0 Å². The fourth-order valence-electron chi connectivity index (χ4n) is 4.62. The summed E-state index contributed by atoms with van der Waals surface area (Å²) >= 11 is 0. The molecule has 3 aromatic heterocycles. The summed E-state index contributed by atoms with van der Waals surface area (Å²) < 4.78 is 13.5. The summed E-state index contributed by atoms with van der Waals surface area (Å²) in [4.78, 5) is 9.23. The highest BCUT2D eigenvalue weighted by atomic mass is 16.5. The van der Waals surface area contributed by atoms with Crippen molar-refractivity contribution in [3.8, 4) is 34.1 Å². The molecule has 31 heavy (non-hydrogen) atoms. The van der Waals surface area contributed by atoms with E-state index >= 15 is 0 Å². The van der Waals surface area contributed by atoms with Crippen molar-refractivity contribution in [2.24, 2.45) is 7.05 Å². The fourth-order valence-corrected chi connectivity index (χ4v) is 4.62. The third-order valence-electron chi connectivity index (χ3n) is 5.54. The first kappa shape index (κ1) is 21.3. The third kappa shape index (κ3) is 4.88. The highest BCUT2D eigenvalue weighted by Gasteiger charge is 2.38. The molecule has 7 nitrogen and oxygen atoms in total. The standard InChI is InChI=1S/C24H31N5O2/c1-23(2)11-18(12-24(3,4)28-23)31-21-10-7-16(13-25-21)20-9-8-19(22(27-20)30-6)17-14-26-29(5)15-17/h7-10,13-15,18,28H,11-12H2,1-6H3. The fraction of sp³-hybridized carbons (Fsp3) is 0.458. The number of ether oxygens (including phenoxy) is 2. The van der Waals surface area contributed by atoms with Crippen LogP contribution in [0.25, 0.3) is 22.4 Å². The highest BCUT2D eigenvalue weighted by Crippen LogP contribution is 2.33. The predicted octanol–water partition coefficient (Wildman–Crippen LogP) is 4.24. The van der Waals surface area contributed by atoms with Gasteiger partial charge in [0.15, 0.2) is 0 Å². The number of aryl methyl sites for hydroxylation is 1. The number of pyridine rings is 2. The van der Waals surface area contributed by atoms with Gasteiger partial charge in [-0.25, -0.2) is 9.97 Å². The lowest BCUT2D eigenvalue weighted by molar-refractivity contribution is 0.0530. The van der Waals surface area contributed by atoms with Crippen LogP contribution in [0.2, 0.25) is 0 Å². The molecule has 0 radical (unpaired) electrons. The minimum atomic E-state index is 0.0306. The lowest BCUT2D eigenvalue weighted by Crippen LogP contribution is -2.60. The Labute approximate surface area is 183 Å². The summed E-state index contributed by atoms with van der Waals surface area (Å²) in [5.41, 5.74) is 3.64. The molecule has 0 aromatic carbocycles. The number of nitrogens with one attached hydrogen (secondary N) is 1. The highest BCUT2D eigenvalue weighted by molar-refractivity contribution is 5.71. The van der Waals surface area contributed by atoms with Crippen molar-refractivity contribution in [2.75, 3.05) is 7.11 Å². The maximum atomic E-state index is 6.24. The van der Waals surface area contributed by atoms with Crippen LogP contribution in [0.3, 0.4) is 0 Å². The number of piperidine rings is 1. The van der Waals surface area contributed by atoms with E-state index in [1.165, 1.54) is 0 Å². The second-order valence-corrected chi connectivity index (χ2v) is 9.58. The smallest absolute Gasteiger partial charge is 0.221 e. The topological polar surface area (TPSA) is 74.1 Å². The summed E-state index contributed by atoms with van der Waals surface area (Å²) in [5.74, 6) is 1.20. The Hall–Kier alpha value is -2.93. The summed E-state index contributed by atoms with van der Waals surface area (Å²) in [5, 5.41) is 7.91. The Morgan fingerprint density at radius 1 is 1.00 bits per heavy atom. The second kappa shape index (κ2) is 7.96. The Kier molecular flexibility index (Phi) is 5.47. The van der Waals surface area contributed by atoms with Crippen molar-refractivity contribution in [1.29, 1.82) is 0 Å². The van der Waals surface area contributed by atoms with Crippen LogP contribution in [0.15, 0.2) is 42.9 Å². The van der Waals surface area contributed by atoms with Crippen molar-refractivity contribution in [2.45, 2.75) is 57.7 Å². The van der Waals surface area contributed by atoms with Crippen LogP contribution in [0, 0.1) is 0 Å². The van der Waals surface area contributed by atoms with Gasteiger partial charge >= 0.3 is 0 Å². The Balaban J connectivity index is 1.52. The molecule has 1 N–H and O–H groups in total. The van der Waals surface area contributed by atoms with Gasteiger partial charge in [-0.05, 0) is 45.9 Å². The van der Waals surface area contributed by atoms with Gasteiger partial charge in [-0.3, -0.25) is 4.68 Å². The first-order valence-electron chi connectivity index (χ1n) is 10.6. The van der Waals surface area contributed by atoms with Crippen molar-refractivity contribution in [3.05, 3.63) is 42.9 Å². The summed E-state index contributed by atoms with van der Waals surface area (Å²) in [6, 6.07) is 7.88. The maximum Gasteiger partial charge on any atom is 0.221 e. The monoisotopic (exact) mass is 421 g/mol. The number of nitrogens with zero attached hydrogens (tertiary/aromatic N) is 4. The third-order valence-corrected chi connectivity index (χ3v) is 5.54. The van der Waals surface area contributed by atoms with E-state index in [2.05, 4.69) is 48.1 Å². The molecule has 0 atom stereocenters. The number of rotatable bonds is 5. The SMILES string of the molecule is COc1nc(-c2ccc(OC3CC(C)(C)NC(C)(C)C3)nc2)ccc1-c1cnn(C)c1. The molecule has 4 rings (SSSR count). The van der Waals surface area contributed by atoms with Crippen molar-refractivity contribution >= 4 is 0 Å². The molecule has 1 saturated heterocycles. The van der Waals surface area contributed by atoms with E-state index in [1.54, 1.807) is 24.2 Å². The molecule has 0 unspecified atom stereocenters. The van der Waals surface area contributed by atoms with Crippen LogP contribution in [0.1, 0.15) is 40.5 Å². The van der Waals surface area contributed by atoms with Gasteiger partial charge in [-0.1, -0.05) is 0 Å². The van der Waals surface area contributed by atoms with E-state index in [4.69, 9.17) is 9.47 Å². The molecule has 0 aliphatic carbocycles. The number of aromatic nitrogens is 4. The van der Waals surface area contributed by atoms with Crippen LogP contribution in [-0.4, -0.2) is 44.0 Å². The van der Waals surface area contributed by atoms with Gasteiger partial charge in [0.05, 0.1) is 19.0 Å². The molecule has 3 aromatic rings. The normalized spacial score (nSPS) is 18.0. The van der Waals surface area contributed by atoms with Gasteiger partial charge in [0.1, 0.15) is 6.10 Å². The molecule has 0 amide bonds. The van der Waals surface area contributed by atoms with E-state index in [1.807, 2.05) is 37.5 Å². The van der Waals surface area contributed by atoms with E-state index in [9.17, 15) is 0 Å². The zero-order valence-electron chi connectivity index (χ0n) is 19.1. The van der Waals surface area contributed by atoms with Gasteiger partial charge < -0.3 is 14.8 Å². The average molecular weight is 422 g/mol. The van der Waals surface area contributed by atoms with Gasteiger partial charge in [0, 0.05) is 66.1 Å². The average Bonchev–Trinajstić information content (AvgIpc) is 3.12. The van der Waals surface area contributed by atoms with Crippen molar-refractivity contribution in [1.82, 2.24) is 25.1 Å². The largest absolute Gasteiger partial charge is 0.481 e. The molecule has 0 saturated carbocycles. The molecule has 7 heteroatoms. The van der Waals surface area contributed by atoms with Crippen molar-refractivity contribution < 1.29 is 9.47 Å². The Morgan fingerprint density at radius 2 is 1.74 bits per heavy atom. The van der Waals surface area contributed by atoms with Crippen LogP contribution >= 0.6 is 0 Å². The van der Waals surface area contributed by atoms with Crippen LogP contribution in [-0.2, 0) is 7.05 Å². The molecule has 1 aliphatic heterocycles. The van der Waals surface area contributed by atoms with E-state index < -0.39 is 0 Å². The minimum Gasteiger partial charge on any atom is -0.481 e. The molecule has 0 bridgehead atoms. The maximum absolute atomic E-state index is 6.24. The van der Waals surface area contributed by atoms with Crippen LogP contribution in [0.5, 0.6) is 11.8 Å². The van der Waals surface area contributed by atoms with Crippen LogP contribution < -0.4 is 14.8 Å². The Bertz CT molecular complexity index is 1040. The zero-order chi connectivity index (χ0) is 22.2. The molecular formula is C24H31N5O2. The lowest BCUT2D eigenvalue weighted by atomic mass is 9.81. The number of hydrogen-bond donors (Lipinski definition) is 1. The Morgan fingerprint density at radius 3 is 2.32 bits per heavy atom. The lowest BCUT2D eigenvalue weighted by Gasteiger charge is -2.46. The zero-order valence-corrected chi connectivity index (χ0v) is 19.1. The summed E-state index contributed by atoms with van der Waals surface area (Å²) in [7, 11) is 3.52. The van der Waals surface area contributed by atoms with E-state index in [0.717, 1.165) is 35.2 Å². The second-order valence-electron chi connectivity index (χ2n) is 9.58. The van der Waals surface area contributed by atoms with Crippen molar-refractivity contribution in [3.63, 3.8) is 0 Å². The first-order valence-corrected chi connectivity index (χ1v) is 10.6. The number of hydrogen-bond acceptors (Lipinski definition) is 6. The summed E-state index contributed by atoms with van der Waals surface area (Å²) in [6.07, 6.45) is 7.55. The predicted molar refractivity (Wildman–Crippen MR) is 121 cm³/mol. The van der Waals surface area contributed by atoms with E-state index in [0.29, 0.717) is 11.8 Å². The quantitative estimate of drug-likeness (QED) is 0.664. The first-order chi connectivity index (χ1) is 14.6. The molecule has 0 spiro atoms. The summed E-state index contributed by atoms with van der Waals surface area (Å²) in [6.45, 7) is 8.87. The minimum absolute atomic E-state index is 0.0306. The number of methoxy groups -OCH3 is 1. The molecule has 1 aliphatic rings. The van der Waals surface area contributed by atoms with E-state index in [-0.39, 0.29) is 17.2 Å². The molecule has 1 fully saturated rings. The molecular weight excluding hydrogens is 390 g/mol. The molecule has 4 heterocycles. The van der Waals surface area contributed by atoms with Gasteiger partial charge in [-0.15, -0.1) is 0 Å². The molecule has 164 valence electrons. The van der Waals surface area contributed by atoms with Crippen LogP contribution in [0.4, 0.5) is 0 Å². The van der Waals surface area contributed by atoms with Gasteiger partial charge in [0.2, 0.25) is 11.8 Å². The van der Waals surface area contributed by atoms with Gasteiger partial charge in [-0.2, -0.15) is 5.10 Å².